The summed E-state index contributed by atoms with van der Waals surface area (Å²) in [6, 6.07) is 14.5. The van der Waals surface area contributed by atoms with E-state index in [0.29, 0.717) is 23.1 Å². The van der Waals surface area contributed by atoms with Crippen LogP contribution in [0.15, 0.2) is 48.5 Å². The summed E-state index contributed by atoms with van der Waals surface area (Å²) in [4.78, 5) is 12.0. The molecular weight excluding hydrogens is 330 g/mol. The summed E-state index contributed by atoms with van der Waals surface area (Å²) in [5, 5.41) is 3.38. The average molecular weight is 350 g/mol. The van der Waals surface area contributed by atoms with E-state index in [9.17, 15) is 4.79 Å². The van der Waals surface area contributed by atoms with Crippen LogP contribution in [0.5, 0.6) is 11.5 Å². The maximum atomic E-state index is 12.0. The van der Waals surface area contributed by atoms with Crippen LogP contribution in [0.3, 0.4) is 0 Å². The van der Waals surface area contributed by atoms with Crippen molar-refractivity contribution in [2.45, 2.75) is 6.10 Å². The van der Waals surface area contributed by atoms with Crippen LogP contribution in [-0.4, -0.2) is 33.3 Å². The number of nitrogens with one attached hydrogen (secondary N) is 1. The molecule has 0 aliphatic carbocycles. The first-order valence-corrected chi connectivity index (χ1v) is 7.83. The van der Waals surface area contributed by atoms with E-state index in [-0.39, 0.29) is 18.6 Å². The number of benzene rings is 2. The number of amides is 1. The molecule has 0 heterocycles. The first-order valence-electron chi connectivity index (χ1n) is 7.45. The summed E-state index contributed by atoms with van der Waals surface area (Å²) in [6.07, 6.45) is -0.325. The molecule has 1 atom stereocenters. The van der Waals surface area contributed by atoms with E-state index in [0.717, 1.165) is 5.56 Å². The van der Waals surface area contributed by atoms with Crippen LogP contribution in [0, 0.1) is 0 Å². The second-order valence-electron chi connectivity index (χ2n) is 4.99. The summed E-state index contributed by atoms with van der Waals surface area (Å²) < 4.78 is 16.1. The molecule has 0 spiro atoms. The molecule has 0 aromatic heterocycles. The van der Waals surface area contributed by atoms with Gasteiger partial charge in [-0.1, -0.05) is 41.9 Å². The molecule has 2 aromatic carbocycles. The van der Waals surface area contributed by atoms with E-state index in [1.165, 1.54) is 0 Å². The zero-order chi connectivity index (χ0) is 17.4. The SMILES string of the molecule is COc1ccccc1OCC(=O)NCC(OC)c1ccccc1Cl. The molecule has 1 amide bonds. The lowest BCUT2D eigenvalue weighted by Crippen LogP contribution is -2.33. The highest BCUT2D eigenvalue weighted by molar-refractivity contribution is 6.31. The predicted octanol–water partition coefficient (Wildman–Crippen LogP) is 3.23. The fourth-order valence-corrected chi connectivity index (χ4v) is 2.45. The molecule has 128 valence electrons. The highest BCUT2D eigenvalue weighted by atomic mass is 35.5. The number of halogens is 1. The number of methoxy groups -OCH3 is 2. The molecule has 6 heteroatoms. The monoisotopic (exact) mass is 349 g/mol. The normalized spacial score (nSPS) is 11.6. The first-order chi connectivity index (χ1) is 11.7. The number of carbonyl (C=O) groups is 1. The molecule has 1 N–H and O–H groups in total. The maximum Gasteiger partial charge on any atom is 0.258 e. The first kappa shape index (κ1) is 18.1. The van der Waals surface area contributed by atoms with Crippen LogP contribution in [0.4, 0.5) is 0 Å². The van der Waals surface area contributed by atoms with E-state index in [1.807, 2.05) is 30.3 Å². The number of hydrogen-bond acceptors (Lipinski definition) is 4. The quantitative estimate of drug-likeness (QED) is 0.795. The van der Waals surface area contributed by atoms with E-state index in [4.69, 9.17) is 25.8 Å². The van der Waals surface area contributed by atoms with Crippen LogP contribution >= 0.6 is 11.6 Å². The standard InChI is InChI=1S/C18H20ClNO4/c1-22-15-9-5-6-10-16(15)24-12-18(21)20-11-17(23-2)13-7-3-4-8-14(13)19/h3-10,17H,11-12H2,1-2H3,(H,20,21). The summed E-state index contributed by atoms with van der Waals surface area (Å²) in [6.45, 7) is 0.188. The number of hydrogen-bond donors (Lipinski definition) is 1. The van der Waals surface area contributed by atoms with Gasteiger partial charge in [0.05, 0.1) is 7.11 Å². The minimum absolute atomic E-state index is 0.112. The minimum Gasteiger partial charge on any atom is -0.493 e. The number of para-hydroxylation sites is 2. The molecule has 2 rings (SSSR count). The zero-order valence-electron chi connectivity index (χ0n) is 13.6. The minimum atomic E-state index is -0.325. The van der Waals surface area contributed by atoms with Crippen molar-refractivity contribution >= 4 is 17.5 Å². The fraction of sp³-hybridized carbons (Fsp3) is 0.278. The molecule has 0 fully saturated rings. The van der Waals surface area contributed by atoms with Gasteiger partial charge in [0.25, 0.3) is 5.91 Å². The molecule has 1 unspecified atom stereocenters. The molecule has 0 aliphatic heterocycles. The van der Waals surface area contributed by atoms with Gasteiger partial charge in [-0.05, 0) is 18.2 Å². The van der Waals surface area contributed by atoms with Gasteiger partial charge in [-0.25, -0.2) is 0 Å². The second kappa shape index (κ2) is 9.15. The van der Waals surface area contributed by atoms with Gasteiger partial charge in [-0.15, -0.1) is 0 Å². The summed E-state index contributed by atoms with van der Waals surface area (Å²) in [5.74, 6) is 0.843. The average Bonchev–Trinajstić information content (AvgIpc) is 2.62. The Morgan fingerprint density at radius 1 is 1.08 bits per heavy atom. The molecule has 0 saturated carbocycles. The molecule has 0 aliphatic rings. The Morgan fingerprint density at radius 2 is 1.75 bits per heavy atom. The highest BCUT2D eigenvalue weighted by Crippen LogP contribution is 2.26. The van der Waals surface area contributed by atoms with E-state index in [2.05, 4.69) is 5.32 Å². The van der Waals surface area contributed by atoms with Gasteiger partial charge in [-0.2, -0.15) is 0 Å². The van der Waals surface area contributed by atoms with Gasteiger partial charge >= 0.3 is 0 Å². The molecule has 2 aromatic rings. The third kappa shape index (κ3) is 4.88. The number of ether oxygens (including phenoxy) is 3. The van der Waals surface area contributed by atoms with E-state index < -0.39 is 0 Å². The van der Waals surface area contributed by atoms with Crippen LogP contribution in [0.25, 0.3) is 0 Å². The Labute approximate surface area is 146 Å². The van der Waals surface area contributed by atoms with Gasteiger partial charge in [-0.3, -0.25) is 4.79 Å². The Kier molecular flexibility index (Phi) is 6.90. The lowest BCUT2D eigenvalue weighted by Gasteiger charge is -2.18. The molecule has 0 radical (unpaired) electrons. The van der Waals surface area contributed by atoms with E-state index in [1.54, 1.807) is 32.4 Å². The van der Waals surface area contributed by atoms with Crippen molar-refractivity contribution in [3.63, 3.8) is 0 Å². The van der Waals surface area contributed by atoms with Crippen LogP contribution in [-0.2, 0) is 9.53 Å². The topological polar surface area (TPSA) is 56.8 Å². The Balaban J connectivity index is 1.87. The van der Waals surface area contributed by atoms with Gasteiger partial charge in [0.1, 0.15) is 6.10 Å². The van der Waals surface area contributed by atoms with Gasteiger partial charge in [0, 0.05) is 24.2 Å². The Hall–Kier alpha value is -2.24. The molecule has 0 saturated heterocycles. The van der Waals surface area contributed by atoms with Crippen molar-refractivity contribution < 1.29 is 19.0 Å². The Bertz CT molecular complexity index is 678. The van der Waals surface area contributed by atoms with Crippen LogP contribution < -0.4 is 14.8 Å². The van der Waals surface area contributed by atoms with Crippen LogP contribution in [0.2, 0.25) is 5.02 Å². The van der Waals surface area contributed by atoms with Crippen molar-refractivity contribution in [2.24, 2.45) is 0 Å². The zero-order valence-corrected chi connectivity index (χ0v) is 14.4. The highest BCUT2D eigenvalue weighted by Gasteiger charge is 2.15. The van der Waals surface area contributed by atoms with Gasteiger partial charge in [0.2, 0.25) is 0 Å². The molecular formula is C18H20ClNO4. The lowest BCUT2D eigenvalue weighted by molar-refractivity contribution is -0.123. The number of rotatable bonds is 8. The van der Waals surface area contributed by atoms with Crippen molar-refractivity contribution in [3.8, 4) is 11.5 Å². The maximum absolute atomic E-state index is 12.0. The van der Waals surface area contributed by atoms with Crippen molar-refractivity contribution in [2.75, 3.05) is 27.4 Å². The molecule has 0 bridgehead atoms. The van der Waals surface area contributed by atoms with E-state index >= 15 is 0 Å². The largest absolute Gasteiger partial charge is 0.493 e. The second-order valence-corrected chi connectivity index (χ2v) is 5.40. The Morgan fingerprint density at radius 3 is 2.42 bits per heavy atom. The van der Waals surface area contributed by atoms with Crippen molar-refractivity contribution in [3.05, 3.63) is 59.1 Å². The van der Waals surface area contributed by atoms with Crippen molar-refractivity contribution in [1.82, 2.24) is 5.32 Å². The smallest absolute Gasteiger partial charge is 0.258 e. The third-order valence-corrected chi connectivity index (χ3v) is 3.79. The number of carbonyl (C=O) groups excluding carboxylic acids is 1. The predicted molar refractivity (Wildman–Crippen MR) is 92.7 cm³/mol. The molecule has 24 heavy (non-hydrogen) atoms. The van der Waals surface area contributed by atoms with Crippen molar-refractivity contribution in [1.29, 1.82) is 0 Å². The summed E-state index contributed by atoms with van der Waals surface area (Å²) in [5.41, 5.74) is 0.826. The summed E-state index contributed by atoms with van der Waals surface area (Å²) in [7, 11) is 3.13. The van der Waals surface area contributed by atoms with Gasteiger partial charge in [0.15, 0.2) is 18.1 Å². The lowest BCUT2D eigenvalue weighted by atomic mass is 10.1. The van der Waals surface area contributed by atoms with Gasteiger partial charge < -0.3 is 19.5 Å². The molecule has 5 nitrogen and oxygen atoms in total. The fourth-order valence-electron chi connectivity index (χ4n) is 2.20. The summed E-state index contributed by atoms with van der Waals surface area (Å²) >= 11 is 6.16. The van der Waals surface area contributed by atoms with Crippen LogP contribution in [0.1, 0.15) is 11.7 Å². The third-order valence-electron chi connectivity index (χ3n) is 3.45.